The summed E-state index contributed by atoms with van der Waals surface area (Å²) in [4.78, 5) is 24.6. The number of ether oxygens (including phenoxy) is 2. The first-order valence-corrected chi connectivity index (χ1v) is 9.80. The van der Waals surface area contributed by atoms with Gasteiger partial charge in [-0.15, -0.1) is 0 Å². The first-order valence-electron chi connectivity index (χ1n) is 9.42. The second kappa shape index (κ2) is 11.3. The lowest BCUT2D eigenvalue weighted by atomic mass is 10.2. The number of carbonyl (C=O) groups excluding carboxylic acids is 2. The molecule has 8 heteroatoms. The van der Waals surface area contributed by atoms with Gasteiger partial charge in [-0.1, -0.05) is 54.1 Å². The zero-order valence-corrected chi connectivity index (χ0v) is 18.0. The van der Waals surface area contributed by atoms with Crippen LogP contribution in [0.3, 0.4) is 0 Å². The van der Waals surface area contributed by atoms with Gasteiger partial charge in [0.25, 0.3) is 5.91 Å². The molecular weight excluding hydrogens is 406 g/mol. The molecule has 2 rings (SSSR count). The van der Waals surface area contributed by atoms with Crippen molar-refractivity contribution < 1.29 is 19.1 Å². The van der Waals surface area contributed by atoms with E-state index >= 15 is 0 Å². The van der Waals surface area contributed by atoms with Crippen LogP contribution in [0.15, 0.2) is 59.7 Å². The molecule has 2 amide bonds. The first-order chi connectivity index (χ1) is 14.2. The third kappa shape index (κ3) is 9.07. The van der Waals surface area contributed by atoms with Gasteiger partial charge in [0.05, 0.1) is 19.4 Å². The molecule has 0 aliphatic heterocycles. The monoisotopic (exact) mass is 431 g/mol. The second-order valence-corrected chi connectivity index (χ2v) is 7.92. The third-order valence-corrected chi connectivity index (χ3v) is 3.91. The predicted molar refractivity (Wildman–Crippen MR) is 116 cm³/mol. The zero-order chi connectivity index (χ0) is 22.0. The highest BCUT2D eigenvalue weighted by Gasteiger charge is 2.24. The first kappa shape index (κ1) is 23.4. The summed E-state index contributed by atoms with van der Waals surface area (Å²) in [6, 6.07) is 15.5. The van der Waals surface area contributed by atoms with Crippen molar-refractivity contribution in [3.05, 3.63) is 70.7 Å². The molecule has 0 aliphatic rings. The number of amides is 2. The highest BCUT2D eigenvalue weighted by atomic mass is 35.5. The van der Waals surface area contributed by atoms with Gasteiger partial charge in [-0.2, -0.15) is 5.10 Å². The molecule has 30 heavy (non-hydrogen) atoms. The maximum Gasteiger partial charge on any atom is 0.408 e. The lowest BCUT2D eigenvalue weighted by Gasteiger charge is -2.22. The van der Waals surface area contributed by atoms with Crippen LogP contribution in [-0.4, -0.2) is 36.5 Å². The molecule has 0 aliphatic carbocycles. The smallest absolute Gasteiger partial charge is 0.408 e. The Morgan fingerprint density at radius 1 is 1.10 bits per heavy atom. The standard InChI is InChI=1S/C22H26ClN3O4/c1-22(2,3)30-21(28)25-19(15-29-14-17-7-5-4-6-8-17)20(27)26-24-13-16-9-11-18(23)12-10-16/h4-13,19H,14-15H2,1-3H3,(H,25,28)(H,26,27)/b24-13-/t19-/m0/s1. The van der Waals surface area contributed by atoms with E-state index in [1.165, 1.54) is 6.21 Å². The maximum atomic E-state index is 12.5. The van der Waals surface area contributed by atoms with Crippen molar-refractivity contribution in [1.82, 2.24) is 10.7 Å². The predicted octanol–water partition coefficient (Wildman–Crippen LogP) is 3.90. The van der Waals surface area contributed by atoms with Gasteiger partial charge in [-0.3, -0.25) is 4.79 Å². The molecule has 160 valence electrons. The Kier molecular flexibility index (Phi) is 8.83. The van der Waals surface area contributed by atoms with E-state index in [0.717, 1.165) is 11.1 Å². The van der Waals surface area contributed by atoms with E-state index in [4.69, 9.17) is 21.1 Å². The minimum Gasteiger partial charge on any atom is -0.444 e. The van der Waals surface area contributed by atoms with Crippen LogP contribution in [0.1, 0.15) is 31.9 Å². The lowest BCUT2D eigenvalue weighted by molar-refractivity contribution is -0.124. The minimum atomic E-state index is -0.981. The number of nitrogens with zero attached hydrogens (tertiary/aromatic N) is 1. The number of nitrogens with one attached hydrogen (secondary N) is 2. The van der Waals surface area contributed by atoms with Crippen molar-refractivity contribution >= 4 is 29.8 Å². The van der Waals surface area contributed by atoms with Crippen LogP contribution in [0.2, 0.25) is 5.02 Å². The van der Waals surface area contributed by atoms with Crippen molar-refractivity contribution in [1.29, 1.82) is 0 Å². The van der Waals surface area contributed by atoms with Gasteiger partial charge in [0.15, 0.2) is 0 Å². The van der Waals surface area contributed by atoms with Crippen molar-refractivity contribution in [3.8, 4) is 0 Å². The van der Waals surface area contributed by atoms with E-state index < -0.39 is 23.6 Å². The SMILES string of the molecule is CC(C)(C)OC(=O)N[C@@H](COCc1ccccc1)C(=O)N/N=C\c1ccc(Cl)cc1. The molecule has 2 aromatic rings. The Labute approximate surface area is 181 Å². The highest BCUT2D eigenvalue weighted by Crippen LogP contribution is 2.08. The van der Waals surface area contributed by atoms with E-state index in [0.29, 0.717) is 11.6 Å². The van der Waals surface area contributed by atoms with Gasteiger partial charge < -0.3 is 14.8 Å². The van der Waals surface area contributed by atoms with Crippen LogP contribution in [0, 0.1) is 0 Å². The molecule has 0 heterocycles. The number of benzene rings is 2. The van der Waals surface area contributed by atoms with Gasteiger partial charge in [0.2, 0.25) is 0 Å². The summed E-state index contributed by atoms with van der Waals surface area (Å²) in [6.45, 7) is 5.48. The van der Waals surface area contributed by atoms with Crippen LogP contribution in [0.25, 0.3) is 0 Å². The molecule has 2 aromatic carbocycles. The van der Waals surface area contributed by atoms with Gasteiger partial charge in [0, 0.05) is 5.02 Å². The molecule has 0 saturated carbocycles. The van der Waals surface area contributed by atoms with Crippen LogP contribution in [-0.2, 0) is 20.9 Å². The van der Waals surface area contributed by atoms with Gasteiger partial charge >= 0.3 is 6.09 Å². The van der Waals surface area contributed by atoms with E-state index in [-0.39, 0.29) is 6.61 Å². The quantitative estimate of drug-likeness (QED) is 0.490. The second-order valence-electron chi connectivity index (χ2n) is 7.49. The number of alkyl carbamates (subject to hydrolysis) is 1. The van der Waals surface area contributed by atoms with E-state index in [2.05, 4.69) is 15.8 Å². The summed E-state index contributed by atoms with van der Waals surface area (Å²) in [6.07, 6.45) is 0.761. The van der Waals surface area contributed by atoms with Gasteiger partial charge in [-0.25, -0.2) is 10.2 Å². The van der Waals surface area contributed by atoms with E-state index in [9.17, 15) is 9.59 Å². The number of hydrogen-bond donors (Lipinski definition) is 2. The van der Waals surface area contributed by atoms with Crippen LogP contribution >= 0.6 is 11.6 Å². The molecule has 1 atom stereocenters. The van der Waals surface area contributed by atoms with Crippen LogP contribution in [0.5, 0.6) is 0 Å². The summed E-state index contributed by atoms with van der Waals surface area (Å²) in [5, 5.41) is 7.06. The third-order valence-electron chi connectivity index (χ3n) is 3.66. The van der Waals surface area contributed by atoms with Gasteiger partial charge in [-0.05, 0) is 44.0 Å². The fraction of sp³-hybridized carbons (Fsp3) is 0.318. The average molecular weight is 432 g/mol. The minimum absolute atomic E-state index is 0.0452. The zero-order valence-electron chi connectivity index (χ0n) is 17.2. The molecule has 0 saturated heterocycles. The number of halogens is 1. The van der Waals surface area contributed by atoms with Gasteiger partial charge in [0.1, 0.15) is 11.6 Å². The summed E-state index contributed by atoms with van der Waals surface area (Å²) in [7, 11) is 0. The Balaban J connectivity index is 1.96. The molecule has 0 spiro atoms. The normalized spacial score (nSPS) is 12.4. The molecule has 0 bridgehead atoms. The van der Waals surface area contributed by atoms with Crippen LogP contribution < -0.4 is 10.7 Å². The average Bonchev–Trinajstić information content (AvgIpc) is 2.68. The summed E-state index contributed by atoms with van der Waals surface area (Å²) in [5.41, 5.74) is 3.43. The molecule has 0 radical (unpaired) electrons. The van der Waals surface area contributed by atoms with Crippen LogP contribution in [0.4, 0.5) is 4.79 Å². The molecule has 0 aromatic heterocycles. The number of hydrogen-bond acceptors (Lipinski definition) is 5. The summed E-state index contributed by atoms with van der Waals surface area (Å²) in [5.74, 6) is -0.529. The van der Waals surface area contributed by atoms with Crippen molar-refractivity contribution in [2.45, 2.75) is 39.0 Å². The topological polar surface area (TPSA) is 89.0 Å². The fourth-order valence-corrected chi connectivity index (χ4v) is 2.42. The van der Waals surface area contributed by atoms with Crippen molar-refractivity contribution in [2.75, 3.05) is 6.61 Å². The molecular formula is C22H26ClN3O4. The Bertz CT molecular complexity index is 849. The fourth-order valence-electron chi connectivity index (χ4n) is 2.30. The Hall–Kier alpha value is -2.90. The Morgan fingerprint density at radius 3 is 2.40 bits per heavy atom. The van der Waals surface area contributed by atoms with Crippen molar-refractivity contribution in [3.63, 3.8) is 0 Å². The molecule has 0 unspecified atom stereocenters. The summed E-state index contributed by atoms with van der Waals surface area (Å²) < 4.78 is 10.8. The van der Waals surface area contributed by atoms with E-state index in [1.807, 2.05) is 30.3 Å². The number of hydrazone groups is 1. The summed E-state index contributed by atoms with van der Waals surface area (Å²) >= 11 is 5.84. The lowest BCUT2D eigenvalue weighted by Crippen LogP contribution is -2.49. The molecule has 7 nitrogen and oxygen atoms in total. The van der Waals surface area contributed by atoms with Crippen molar-refractivity contribution in [2.24, 2.45) is 5.10 Å². The largest absolute Gasteiger partial charge is 0.444 e. The molecule has 2 N–H and O–H groups in total. The number of rotatable bonds is 8. The van der Waals surface area contributed by atoms with E-state index in [1.54, 1.807) is 45.0 Å². The number of carbonyl (C=O) groups is 2. The highest BCUT2D eigenvalue weighted by molar-refractivity contribution is 6.30. The maximum absolute atomic E-state index is 12.5. The molecule has 0 fully saturated rings. The Morgan fingerprint density at radius 2 is 1.77 bits per heavy atom.